The van der Waals surface area contributed by atoms with E-state index < -0.39 is 41.6 Å². The van der Waals surface area contributed by atoms with E-state index in [1.165, 1.54) is 13.2 Å². The van der Waals surface area contributed by atoms with E-state index in [4.69, 9.17) is 18.9 Å². The van der Waals surface area contributed by atoms with Crippen LogP contribution in [0, 0.1) is 11.8 Å². The molecule has 2 bridgehead atoms. The molecule has 0 radical (unpaired) electrons. The Morgan fingerprint density at radius 3 is 2.79 bits per heavy atom. The van der Waals surface area contributed by atoms with E-state index in [9.17, 15) is 14.4 Å². The number of rotatable bonds is 4. The summed E-state index contributed by atoms with van der Waals surface area (Å²) in [6.07, 6.45) is 2.18. The van der Waals surface area contributed by atoms with Crippen LogP contribution in [0.25, 0.3) is 0 Å². The van der Waals surface area contributed by atoms with Crippen molar-refractivity contribution in [2.24, 2.45) is 11.8 Å². The van der Waals surface area contributed by atoms with Gasteiger partial charge in [0.1, 0.15) is 18.0 Å². The van der Waals surface area contributed by atoms with E-state index in [2.05, 4.69) is 6.58 Å². The first-order chi connectivity index (χ1) is 13.2. The Balaban J connectivity index is 2.03. The number of hydrogen-bond donors (Lipinski definition) is 0. The third kappa shape index (κ3) is 3.51. The van der Waals surface area contributed by atoms with Crippen LogP contribution in [0.4, 0.5) is 0 Å². The summed E-state index contributed by atoms with van der Waals surface area (Å²) in [6.45, 7) is 9.19. The van der Waals surface area contributed by atoms with E-state index in [1.807, 2.05) is 0 Å². The van der Waals surface area contributed by atoms with Gasteiger partial charge in [-0.2, -0.15) is 0 Å². The third-order valence-corrected chi connectivity index (χ3v) is 5.76. The van der Waals surface area contributed by atoms with Gasteiger partial charge in [-0.05, 0) is 26.3 Å². The second kappa shape index (κ2) is 7.54. The van der Waals surface area contributed by atoms with Crippen LogP contribution in [-0.4, -0.2) is 49.2 Å². The van der Waals surface area contributed by atoms with Crippen molar-refractivity contribution in [2.45, 2.75) is 51.4 Å². The molecule has 0 aromatic rings. The van der Waals surface area contributed by atoms with E-state index in [-0.39, 0.29) is 18.8 Å². The average molecular weight is 390 g/mol. The molecule has 7 heteroatoms. The molecule has 0 aromatic heterocycles. The summed E-state index contributed by atoms with van der Waals surface area (Å²) in [6, 6.07) is 0. The van der Waals surface area contributed by atoms with Crippen molar-refractivity contribution in [1.29, 1.82) is 0 Å². The van der Waals surface area contributed by atoms with Gasteiger partial charge in [0.05, 0.1) is 12.5 Å². The summed E-state index contributed by atoms with van der Waals surface area (Å²) in [7, 11) is 1.50. The van der Waals surface area contributed by atoms with Gasteiger partial charge in [-0.1, -0.05) is 12.7 Å². The Morgan fingerprint density at radius 1 is 1.43 bits per heavy atom. The first-order valence-electron chi connectivity index (χ1n) is 9.36. The Labute approximate surface area is 164 Å². The standard InChI is InChI=1S/C21H26O7/c1-6-11(2)19(23)27-16-9-21(4)17(22)8-14(28-21)12(3)7-15-18(16)13(10-25-5)20(24)26-15/h6,8,13,15-16,18H,3,7,9-10H2,1-2,4-5H3/b11-6-/t13-,15+,16-,18+,21-/m1/s1. The fraction of sp³-hybridized carbons (Fsp3) is 0.571. The van der Waals surface area contributed by atoms with Crippen LogP contribution < -0.4 is 0 Å². The van der Waals surface area contributed by atoms with Gasteiger partial charge in [-0.25, -0.2) is 4.79 Å². The number of esters is 2. The molecule has 2 fully saturated rings. The molecule has 0 unspecified atom stereocenters. The van der Waals surface area contributed by atoms with Crippen molar-refractivity contribution in [2.75, 3.05) is 13.7 Å². The first-order valence-corrected chi connectivity index (χ1v) is 9.36. The largest absolute Gasteiger partial charge is 0.479 e. The second-order valence-corrected chi connectivity index (χ2v) is 7.75. The van der Waals surface area contributed by atoms with Gasteiger partial charge in [0.15, 0.2) is 5.60 Å². The molecule has 28 heavy (non-hydrogen) atoms. The summed E-state index contributed by atoms with van der Waals surface area (Å²) in [4.78, 5) is 37.6. The fourth-order valence-electron chi connectivity index (χ4n) is 4.01. The molecule has 3 aliphatic rings. The maximum absolute atomic E-state index is 12.6. The molecule has 3 aliphatic heterocycles. The van der Waals surface area contributed by atoms with Crippen molar-refractivity contribution in [3.8, 4) is 0 Å². The number of ketones is 1. The van der Waals surface area contributed by atoms with Crippen molar-refractivity contribution in [3.05, 3.63) is 35.6 Å². The molecular weight excluding hydrogens is 364 g/mol. The molecule has 3 rings (SSSR count). The summed E-state index contributed by atoms with van der Waals surface area (Å²) in [5.41, 5.74) is -0.169. The van der Waals surface area contributed by atoms with Crippen LogP contribution in [0.15, 0.2) is 35.6 Å². The van der Waals surface area contributed by atoms with E-state index in [0.29, 0.717) is 23.3 Å². The van der Waals surface area contributed by atoms with Gasteiger partial charge >= 0.3 is 11.9 Å². The minimum Gasteiger partial charge on any atom is -0.479 e. The molecule has 0 spiro atoms. The van der Waals surface area contributed by atoms with Crippen LogP contribution in [0.3, 0.4) is 0 Å². The number of carbonyl (C=O) groups is 3. The SMILES string of the molecule is C=C1C[C@@H]2OC(=O)[C@H](COC)[C@@H]2[C@H](OC(=O)/C(C)=C\C)C[C@@]2(C)OC1=CC2=O. The maximum atomic E-state index is 12.6. The molecule has 0 amide bonds. The fourth-order valence-corrected chi connectivity index (χ4v) is 4.01. The monoisotopic (exact) mass is 390 g/mol. The van der Waals surface area contributed by atoms with Crippen LogP contribution in [0.1, 0.15) is 33.6 Å². The smallest absolute Gasteiger partial charge is 0.333 e. The zero-order valence-electron chi connectivity index (χ0n) is 16.7. The zero-order valence-corrected chi connectivity index (χ0v) is 16.7. The number of carbonyl (C=O) groups excluding carboxylic acids is 3. The van der Waals surface area contributed by atoms with Crippen molar-refractivity contribution >= 4 is 17.7 Å². The minimum atomic E-state index is -1.19. The lowest BCUT2D eigenvalue weighted by Crippen LogP contribution is -2.45. The predicted octanol–water partition coefficient (Wildman–Crippen LogP) is 2.26. The zero-order chi connectivity index (χ0) is 20.6. The number of ether oxygens (including phenoxy) is 4. The second-order valence-electron chi connectivity index (χ2n) is 7.75. The first kappa shape index (κ1) is 20.3. The summed E-state index contributed by atoms with van der Waals surface area (Å²) in [5.74, 6) is -1.77. The normalized spacial score (nSPS) is 35.2. The molecule has 0 N–H and O–H groups in total. The maximum Gasteiger partial charge on any atom is 0.333 e. The number of methoxy groups -OCH3 is 1. The number of allylic oxidation sites excluding steroid dienone is 2. The van der Waals surface area contributed by atoms with Gasteiger partial charge in [-0.3, -0.25) is 9.59 Å². The summed E-state index contributed by atoms with van der Waals surface area (Å²) in [5, 5.41) is 0. The van der Waals surface area contributed by atoms with Crippen LogP contribution >= 0.6 is 0 Å². The van der Waals surface area contributed by atoms with Crippen molar-refractivity contribution in [1.82, 2.24) is 0 Å². The Morgan fingerprint density at radius 2 is 2.14 bits per heavy atom. The van der Waals surface area contributed by atoms with Gasteiger partial charge in [0, 0.05) is 37.5 Å². The van der Waals surface area contributed by atoms with Gasteiger partial charge in [0.2, 0.25) is 5.78 Å². The summed E-state index contributed by atoms with van der Waals surface area (Å²) < 4.78 is 22.5. The molecule has 3 heterocycles. The molecule has 0 aliphatic carbocycles. The van der Waals surface area contributed by atoms with E-state index >= 15 is 0 Å². The van der Waals surface area contributed by atoms with Crippen molar-refractivity contribution in [3.63, 3.8) is 0 Å². The molecule has 0 aromatic carbocycles. The van der Waals surface area contributed by atoms with Crippen molar-refractivity contribution < 1.29 is 33.3 Å². The van der Waals surface area contributed by atoms with E-state index in [0.717, 1.165) is 0 Å². The Hall–Kier alpha value is -2.41. The molecule has 2 saturated heterocycles. The minimum absolute atomic E-state index is 0.111. The number of fused-ring (bicyclic) bond motifs is 3. The average Bonchev–Trinajstić information content (AvgIpc) is 3.11. The van der Waals surface area contributed by atoms with Gasteiger partial charge in [0.25, 0.3) is 0 Å². The molecule has 5 atom stereocenters. The van der Waals surface area contributed by atoms with Crippen LogP contribution in [0.5, 0.6) is 0 Å². The molecular formula is C21H26O7. The predicted molar refractivity (Wildman–Crippen MR) is 99.0 cm³/mol. The highest BCUT2D eigenvalue weighted by atomic mass is 16.6. The molecule has 152 valence electrons. The Bertz CT molecular complexity index is 778. The lowest BCUT2D eigenvalue weighted by atomic mass is 9.78. The highest BCUT2D eigenvalue weighted by Gasteiger charge is 2.55. The number of hydrogen-bond acceptors (Lipinski definition) is 7. The third-order valence-electron chi connectivity index (χ3n) is 5.76. The molecule has 7 nitrogen and oxygen atoms in total. The van der Waals surface area contributed by atoms with Gasteiger partial charge < -0.3 is 18.9 Å². The van der Waals surface area contributed by atoms with Crippen LogP contribution in [-0.2, 0) is 33.3 Å². The highest BCUT2D eigenvalue weighted by molar-refractivity contribution is 6.00. The topological polar surface area (TPSA) is 88.1 Å². The van der Waals surface area contributed by atoms with Gasteiger partial charge in [-0.15, -0.1) is 0 Å². The Kier molecular flexibility index (Phi) is 5.48. The summed E-state index contributed by atoms with van der Waals surface area (Å²) >= 11 is 0. The molecule has 0 saturated carbocycles. The quantitative estimate of drug-likeness (QED) is 0.537. The van der Waals surface area contributed by atoms with E-state index in [1.54, 1.807) is 26.8 Å². The lowest BCUT2D eigenvalue weighted by molar-refractivity contribution is -0.155. The lowest BCUT2D eigenvalue weighted by Gasteiger charge is -2.33. The van der Waals surface area contributed by atoms with Crippen LogP contribution in [0.2, 0.25) is 0 Å². The highest BCUT2D eigenvalue weighted by Crippen LogP contribution is 2.44.